The van der Waals surface area contributed by atoms with E-state index in [4.69, 9.17) is 15.0 Å². The molecule has 0 unspecified atom stereocenters. The van der Waals surface area contributed by atoms with Crippen LogP contribution in [0.25, 0.3) is 0 Å². The molecule has 5 aliphatic rings. The summed E-state index contributed by atoms with van der Waals surface area (Å²) in [7, 11) is 0. The summed E-state index contributed by atoms with van der Waals surface area (Å²) in [5.74, 6) is 2.90. The number of aromatic nitrogens is 1. The Kier molecular flexibility index (Phi) is 9.25. The first kappa shape index (κ1) is 27.3. The number of ether oxygens (including phenoxy) is 1. The minimum atomic E-state index is -0.753. The number of nitrogens with zero attached hydrogens (tertiary/aromatic N) is 1. The molecule has 36 heavy (non-hydrogen) atoms. The molecule has 0 radical (unpaired) electrons. The zero-order chi connectivity index (χ0) is 25.7. The molecule has 0 atom stereocenters. The number of carbonyl (C=O) groups excluding carboxylic acids is 2. The topological polar surface area (TPSA) is 119 Å². The van der Waals surface area contributed by atoms with Crippen LogP contribution in [-0.4, -0.2) is 48.0 Å². The third-order valence-corrected chi connectivity index (χ3v) is 8.95. The fourth-order valence-electron chi connectivity index (χ4n) is 6.64. The molecule has 5 saturated carbocycles. The number of nitrogens with one attached hydrogen (secondary N) is 2. The van der Waals surface area contributed by atoms with Crippen LogP contribution in [0.3, 0.4) is 0 Å². The second-order valence-electron chi connectivity index (χ2n) is 12.0. The number of carbonyl (C=O) groups is 2. The molecule has 202 valence electrons. The minimum absolute atomic E-state index is 0.118. The van der Waals surface area contributed by atoms with Gasteiger partial charge in [-0.3, -0.25) is 9.59 Å². The van der Waals surface area contributed by atoms with E-state index in [1.165, 1.54) is 70.3 Å². The maximum Gasteiger partial charge on any atom is 0.290 e. The smallest absolute Gasteiger partial charge is 0.290 e. The molecule has 1 aromatic rings. The van der Waals surface area contributed by atoms with E-state index in [1.807, 2.05) is 0 Å². The molecule has 5 fully saturated rings. The van der Waals surface area contributed by atoms with Gasteiger partial charge in [0.15, 0.2) is 0 Å². The first-order valence-corrected chi connectivity index (χ1v) is 14.3. The van der Waals surface area contributed by atoms with Gasteiger partial charge in [0.25, 0.3) is 11.8 Å². The van der Waals surface area contributed by atoms with Crippen molar-refractivity contribution in [2.45, 2.75) is 89.3 Å². The highest BCUT2D eigenvalue weighted by Crippen LogP contribution is 2.53. The Morgan fingerprint density at radius 2 is 1.75 bits per heavy atom. The predicted molar refractivity (Wildman–Crippen MR) is 142 cm³/mol. The van der Waals surface area contributed by atoms with Gasteiger partial charge in [-0.1, -0.05) is 19.3 Å². The summed E-state index contributed by atoms with van der Waals surface area (Å²) in [6, 6.07) is 1.74. The molecule has 4 N–H and O–H groups in total. The molecular formula is C27H44N4O4S. The number of nitrogens with two attached hydrogens (primary N) is 1. The molecule has 2 amide bonds. The summed E-state index contributed by atoms with van der Waals surface area (Å²) < 4.78 is 10.8. The number of amides is 2. The molecular weight excluding hydrogens is 476 g/mol. The number of hydrogen-bond acceptors (Lipinski definition) is 7. The average Bonchev–Trinajstić information content (AvgIpc) is 3.33. The predicted octanol–water partition coefficient (Wildman–Crippen LogP) is 3.96. The van der Waals surface area contributed by atoms with E-state index >= 15 is 0 Å². The third kappa shape index (κ3) is 6.97. The third-order valence-electron chi connectivity index (χ3n) is 8.44. The summed E-state index contributed by atoms with van der Waals surface area (Å²) in [5, 5.41) is 10.5. The van der Waals surface area contributed by atoms with Crippen molar-refractivity contribution in [2.24, 2.45) is 34.8 Å². The molecule has 0 aliphatic heterocycles. The summed E-state index contributed by atoms with van der Waals surface area (Å²) in [6.45, 7) is 4.47. The van der Waals surface area contributed by atoms with Gasteiger partial charge in [0.05, 0.1) is 11.5 Å². The maximum absolute atomic E-state index is 12.7. The van der Waals surface area contributed by atoms with Crippen molar-refractivity contribution in [3.05, 3.63) is 11.8 Å². The first-order chi connectivity index (χ1) is 17.2. The lowest BCUT2D eigenvalue weighted by atomic mass is 9.54. The van der Waals surface area contributed by atoms with Crippen molar-refractivity contribution >= 4 is 24.4 Å². The zero-order valence-electron chi connectivity index (χ0n) is 21.8. The van der Waals surface area contributed by atoms with Gasteiger partial charge < -0.3 is 25.6 Å². The monoisotopic (exact) mass is 520 g/mol. The van der Waals surface area contributed by atoms with Crippen molar-refractivity contribution in [3.8, 4) is 5.88 Å². The average molecular weight is 521 g/mol. The lowest BCUT2D eigenvalue weighted by molar-refractivity contribution is -0.130. The zero-order valence-corrected chi connectivity index (χ0v) is 22.7. The molecule has 1 aromatic heterocycles. The van der Waals surface area contributed by atoms with Crippen LogP contribution in [0.1, 0.15) is 88.6 Å². The molecule has 0 aromatic carbocycles. The van der Waals surface area contributed by atoms with E-state index in [9.17, 15) is 9.59 Å². The second-order valence-corrected chi connectivity index (χ2v) is 12.7. The van der Waals surface area contributed by atoms with Gasteiger partial charge in [-0.15, -0.1) is 0 Å². The molecule has 4 bridgehead atoms. The van der Waals surface area contributed by atoms with E-state index in [0.29, 0.717) is 24.9 Å². The largest absolute Gasteiger partial charge is 0.474 e. The lowest BCUT2D eigenvalue weighted by Crippen LogP contribution is -2.55. The molecule has 8 nitrogen and oxygen atoms in total. The Morgan fingerprint density at radius 3 is 2.31 bits per heavy atom. The van der Waals surface area contributed by atoms with Crippen molar-refractivity contribution in [2.75, 3.05) is 19.7 Å². The lowest BCUT2D eigenvalue weighted by Gasteiger charge is -2.54. The first-order valence-electron chi connectivity index (χ1n) is 13.8. The van der Waals surface area contributed by atoms with Crippen LogP contribution >= 0.6 is 12.6 Å². The normalized spacial score (nSPS) is 29.3. The Morgan fingerprint density at radius 1 is 1.11 bits per heavy atom. The summed E-state index contributed by atoms with van der Waals surface area (Å²) in [4.78, 5) is 24.8. The standard InChI is InChI=1S/C21H32N4O4.C6H12S/c1-21(2,20(27)23-4-3-22)11-28-17-10-16(29-25-17)19(26)24-18-14-6-12-5-13(8-14)9-15(18)7-12;7-6-4-2-1-3-5-6/h10,12-15,18H,3-9,11,22H2,1-2H3,(H,23,27)(H,24,26);6-7H,1-5H2. The van der Waals surface area contributed by atoms with Crippen LogP contribution in [0.15, 0.2) is 10.6 Å². The Hall–Kier alpha value is -1.74. The van der Waals surface area contributed by atoms with Gasteiger partial charge in [0.2, 0.25) is 11.7 Å². The quantitative estimate of drug-likeness (QED) is 0.385. The number of hydrogen-bond donors (Lipinski definition) is 4. The van der Waals surface area contributed by atoms with Crippen LogP contribution in [0, 0.1) is 29.1 Å². The minimum Gasteiger partial charge on any atom is -0.474 e. The molecule has 1 heterocycles. The molecule has 0 spiro atoms. The molecule has 9 heteroatoms. The van der Waals surface area contributed by atoms with Crippen molar-refractivity contribution in [3.63, 3.8) is 0 Å². The SMILES string of the molecule is CC(C)(COc1cc(C(=O)NC2C3CC4CC(C3)CC2C4)on1)C(=O)NCCN.SC1CCCCC1. The highest BCUT2D eigenvalue weighted by atomic mass is 32.1. The van der Waals surface area contributed by atoms with Gasteiger partial charge in [-0.25, -0.2) is 0 Å². The molecule has 0 saturated heterocycles. The van der Waals surface area contributed by atoms with Gasteiger partial charge in [0, 0.05) is 24.4 Å². The van der Waals surface area contributed by atoms with Crippen LogP contribution in [-0.2, 0) is 4.79 Å². The van der Waals surface area contributed by atoms with Crippen molar-refractivity contribution in [1.29, 1.82) is 0 Å². The summed E-state index contributed by atoms with van der Waals surface area (Å²) in [6.07, 6.45) is 13.3. The number of rotatable bonds is 8. The number of thiol groups is 1. The van der Waals surface area contributed by atoms with E-state index in [1.54, 1.807) is 13.8 Å². The van der Waals surface area contributed by atoms with Crippen LogP contribution < -0.4 is 21.1 Å². The fraction of sp³-hybridized carbons (Fsp3) is 0.815. The van der Waals surface area contributed by atoms with Gasteiger partial charge >= 0.3 is 0 Å². The van der Waals surface area contributed by atoms with Crippen molar-refractivity contribution in [1.82, 2.24) is 15.8 Å². The highest BCUT2D eigenvalue weighted by Gasteiger charge is 2.48. The van der Waals surface area contributed by atoms with E-state index in [2.05, 4.69) is 28.4 Å². The molecule has 5 aliphatic carbocycles. The van der Waals surface area contributed by atoms with E-state index in [0.717, 1.165) is 17.1 Å². The molecule has 6 rings (SSSR count). The van der Waals surface area contributed by atoms with Crippen LogP contribution in [0.4, 0.5) is 0 Å². The highest BCUT2D eigenvalue weighted by molar-refractivity contribution is 7.80. The summed E-state index contributed by atoms with van der Waals surface area (Å²) >= 11 is 4.36. The van der Waals surface area contributed by atoms with Crippen LogP contribution in [0.5, 0.6) is 5.88 Å². The van der Waals surface area contributed by atoms with Crippen LogP contribution in [0.2, 0.25) is 0 Å². The van der Waals surface area contributed by atoms with E-state index < -0.39 is 5.41 Å². The van der Waals surface area contributed by atoms with E-state index in [-0.39, 0.29) is 36.1 Å². The van der Waals surface area contributed by atoms with Gasteiger partial charge in [-0.05, 0) is 87.6 Å². The van der Waals surface area contributed by atoms with Gasteiger partial charge in [-0.2, -0.15) is 12.6 Å². The fourth-order valence-corrected chi connectivity index (χ4v) is 7.01. The second kappa shape index (κ2) is 12.2. The summed E-state index contributed by atoms with van der Waals surface area (Å²) in [5.41, 5.74) is 4.66. The Balaban J connectivity index is 0.000000375. The Labute approximate surface area is 220 Å². The maximum atomic E-state index is 12.7. The van der Waals surface area contributed by atoms with Gasteiger partial charge in [0.1, 0.15) is 6.61 Å². The Bertz CT molecular complexity index is 855. The van der Waals surface area contributed by atoms with Crippen molar-refractivity contribution < 1.29 is 18.8 Å².